The van der Waals surface area contributed by atoms with Gasteiger partial charge in [0.25, 0.3) is 0 Å². The molecule has 106 valence electrons. The number of ether oxygens (including phenoxy) is 1. The third-order valence-electron chi connectivity index (χ3n) is 3.86. The van der Waals surface area contributed by atoms with Gasteiger partial charge in [-0.15, -0.1) is 0 Å². The van der Waals surface area contributed by atoms with Gasteiger partial charge in [0, 0.05) is 34.1 Å². The Morgan fingerprint density at radius 3 is 2.41 bits per heavy atom. The van der Waals surface area contributed by atoms with Gasteiger partial charge >= 0.3 is 0 Å². The number of pyridine rings is 2. The highest BCUT2D eigenvalue weighted by Gasteiger charge is 2.05. The number of fused-ring (bicyclic) bond motifs is 3. The Morgan fingerprint density at radius 2 is 1.59 bits per heavy atom. The number of aromatic nitrogens is 2. The van der Waals surface area contributed by atoms with Crippen LogP contribution >= 0.6 is 0 Å². The maximum atomic E-state index is 5.21. The molecule has 2 heterocycles. The predicted molar refractivity (Wildman–Crippen MR) is 89.0 cm³/mol. The van der Waals surface area contributed by atoms with Gasteiger partial charge in [0.15, 0.2) is 0 Å². The van der Waals surface area contributed by atoms with Gasteiger partial charge in [0.05, 0.1) is 18.3 Å². The van der Waals surface area contributed by atoms with Crippen molar-refractivity contribution in [3.8, 4) is 17.0 Å². The van der Waals surface area contributed by atoms with E-state index in [1.807, 2.05) is 42.7 Å². The summed E-state index contributed by atoms with van der Waals surface area (Å²) in [4.78, 5) is 9.04. The average Bonchev–Trinajstić information content (AvgIpc) is 2.61. The smallest absolute Gasteiger partial charge is 0.118 e. The lowest BCUT2D eigenvalue weighted by atomic mass is 10.1. The van der Waals surface area contributed by atoms with E-state index in [2.05, 4.69) is 29.2 Å². The summed E-state index contributed by atoms with van der Waals surface area (Å²) < 4.78 is 5.21. The second kappa shape index (κ2) is 5.11. The van der Waals surface area contributed by atoms with Crippen LogP contribution in [0.5, 0.6) is 5.75 Å². The molecule has 0 fully saturated rings. The van der Waals surface area contributed by atoms with Crippen molar-refractivity contribution in [2.45, 2.75) is 0 Å². The number of rotatable bonds is 2. The fraction of sp³-hybridized carbons (Fsp3) is 0.0526. The number of hydrogen-bond donors (Lipinski definition) is 0. The summed E-state index contributed by atoms with van der Waals surface area (Å²) in [6, 6.07) is 18.3. The molecule has 0 saturated carbocycles. The molecule has 0 N–H and O–H groups in total. The van der Waals surface area contributed by atoms with Gasteiger partial charge in [-0.05, 0) is 36.4 Å². The van der Waals surface area contributed by atoms with Crippen molar-refractivity contribution in [1.82, 2.24) is 9.97 Å². The quantitative estimate of drug-likeness (QED) is 0.510. The standard InChI is InChI=1S/C19H14N2O/c1-22-16-7-4-13(5-8-16)18-9-6-14-2-3-15-12-20-11-10-17(15)19(14)21-18/h2-12H,1H3. The SMILES string of the molecule is COc1ccc(-c2ccc3ccc4cnccc4c3n2)cc1. The number of benzene rings is 2. The van der Waals surface area contributed by atoms with Crippen molar-refractivity contribution in [2.75, 3.05) is 7.11 Å². The molecule has 0 aliphatic carbocycles. The van der Waals surface area contributed by atoms with Crippen molar-refractivity contribution in [3.63, 3.8) is 0 Å². The second-order valence-electron chi connectivity index (χ2n) is 5.16. The van der Waals surface area contributed by atoms with Crippen molar-refractivity contribution in [3.05, 3.63) is 67.0 Å². The van der Waals surface area contributed by atoms with Crippen LogP contribution in [0.1, 0.15) is 0 Å². The van der Waals surface area contributed by atoms with Gasteiger partial charge in [-0.1, -0.05) is 18.2 Å². The molecule has 0 aliphatic rings. The van der Waals surface area contributed by atoms with E-state index in [1.54, 1.807) is 7.11 Å². The molecule has 0 spiro atoms. The monoisotopic (exact) mass is 286 g/mol. The summed E-state index contributed by atoms with van der Waals surface area (Å²) >= 11 is 0. The summed E-state index contributed by atoms with van der Waals surface area (Å²) in [5.41, 5.74) is 3.04. The molecule has 0 aliphatic heterocycles. The summed E-state index contributed by atoms with van der Waals surface area (Å²) in [5, 5.41) is 3.37. The minimum Gasteiger partial charge on any atom is -0.497 e. The van der Waals surface area contributed by atoms with E-state index in [0.29, 0.717) is 0 Å². The Morgan fingerprint density at radius 1 is 0.818 bits per heavy atom. The lowest BCUT2D eigenvalue weighted by molar-refractivity contribution is 0.415. The van der Waals surface area contributed by atoms with Crippen molar-refractivity contribution >= 4 is 21.7 Å². The zero-order valence-electron chi connectivity index (χ0n) is 12.2. The maximum Gasteiger partial charge on any atom is 0.118 e. The molecule has 3 heteroatoms. The molecule has 0 atom stereocenters. The molecule has 3 nitrogen and oxygen atoms in total. The Kier molecular flexibility index (Phi) is 2.97. The summed E-state index contributed by atoms with van der Waals surface area (Å²) in [5.74, 6) is 0.848. The van der Waals surface area contributed by atoms with E-state index in [9.17, 15) is 0 Å². The number of methoxy groups -OCH3 is 1. The molecule has 0 amide bonds. The minimum atomic E-state index is 0.848. The lowest BCUT2D eigenvalue weighted by Gasteiger charge is -2.07. The van der Waals surface area contributed by atoms with E-state index in [0.717, 1.165) is 38.7 Å². The van der Waals surface area contributed by atoms with Crippen LogP contribution in [0.15, 0.2) is 67.0 Å². The molecule has 0 saturated heterocycles. The Bertz CT molecular complexity index is 962. The van der Waals surface area contributed by atoms with Gasteiger partial charge in [0.2, 0.25) is 0 Å². The Labute approximate surface area is 128 Å². The molecule has 2 aromatic carbocycles. The first kappa shape index (κ1) is 12.8. The van der Waals surface area contributed by atoms with Crippen LogP contribution in [0, 0.1) is 0 Å². The Balaban J connectivity index is 1.93. The molecular formula is C19H14N2O. The largest absolute Gasteiger partial charge is 0.497 e. The fourth-order valence-electron chi connectivity index (χ4n) is 2.68. The van der Waals surface area contributed by atoms with Gasteiger partial charge in [-0.2, -0.15) is 0 Å². The van der Waals surface area contributed by atoms with Crippen LogP contribution in [0.3, 0.4) is 0 Å². The average molecular weight is 286 g/mol. The van der Waals surface area contributed by atoms with Crippen LogP contribution in [0.4, 0.5) is 0 Å². The van der Waals surface area contributed by atoms with E-state index in [1.165, 1.54) is 0 Å². The number of hydrogen-bond acceptors (Lipinski definition) is 3. The normalized spacial score (nSPS) is 11.0. The van der Waals surface area contributed by atoms with E-state index < -0.39 is 0 Å². The van der Waals surface area contributed by atoms with E-state index in [-0.39, 0.29) is 0 Å². The molecule has 0 unspecified atom stereocenters. The lowest BCUT2D eigenvalue weighted by Crippen LogP contribution is -1.88. The van der Waals surface area contributed by atoms with Crippen LogP contribution in [0.25, 0.3) is 32.9 Å². The highest BCUT2D eigenvalue weighted by molar-refractivity contribution is 6.05. The zero-order chi connectivity index (χ0) is 14.9. The van der Waals surface area contributed by atoms with E-state index in [4.69, 9.17) is 9.72 Å². The number of nitrogens with zero attached hydrogens (tertiary/aromatic N) is 2. The molecule has 0 radical (unpaired) electrons. The van der Waals surface area contributed by atoms with Gasteiger partial charge in [-0.3, -0.25) is 4.98 Å². The molecular weight excluding hydrogens is 272 g/mol. The Hall–Kier alpha value is -2.94. The van der Waals surface area contributed by atoms with Crippen molar-refractivity contribution in [2.24, 2.45) is 0 Å². The van der Waals surface area contributed by atoms with Gasteiger partial charge in [0.1, 0.15) is 5.75 Å². The van der Waals surface area contributed by atoms with Gasteiger partial charge < -0.3 is 4.74 Å². The summed E-state index contributed by atoms with van der Waals surface area (Å²) in [6.45, 7) is 0. The first-order valence-electron chi connectivity index (χ1n) is 7.13. The van der Waals surface area contributed by atoms with Gasteiger partial charge in [-0.25, -0.2) is 4.98 Å². The third kappa shape index (κ3) is 2.07. The van der Waals surface area contributed by atoms with Crippen LogP contribution in [0.2, 0.25) is 0 Å². The topological polar surface area (TPSA) is 35.0 Å². The molecule has 4 rings (SSSR count). The minimum absolute atomic E-state index is 0.848. The first-order valence-corrected chi connectivity index (χ1v) is 7.13. The molecule has 0 bridgehead atoms. The van der Waals surface area contributed by atoms with Crippen molar-refractivity contribution in [1.29, 1.82) is 0 Å². The summed E-state index contributed by atoms with van der Waals surface area (Å²) in [7, 11) is 1.67. The predicted octanol–water partition coefficient (Wildman–Crippen LogP) is 4.46. The zero-order valence-corrected chi connectivity index (χ0v) is 12.2. The van der Waals surface area contributed by atoms with Crippen LogP contribution in [-0.2, 0) is 0 Å². The van der Waals surface area contributed by atoms with E-state index >= 15 is 0 Å². The second-order valence-corrected chi connectivity index (χ2v) is 5.16. The molecule has 2 aromatic heterocycles. The van der Waals surface area contributed by atoms with Crippen LogP contribution in [-0.4, -0.2) is 17.1 Å². The van der Waals surface area contributed by atoms with Crippen LogP contribution < -0.4 is 4.74 Å². The van der Waals surface area contributed by atoms with Crippen molar-refractivity contribution < 1.29 is 4.74 Å². The molecule has 4 aromatic rings. The first-order chi connectivity index (χ1) is 10.8. The third-order valence-corrected chi connectivity index (χ3v) is 3.86. The fourth-order valence-corrected chi connectivity index (χ4v) is 2.68. The summed E-state index contributed by atoms with van der Waals surface area (Å²) in [6.07, 6.45) is 3.68. The highest BCUT2D eigenvalue weighted by atomic mass is 16.5. The molecule has 22 heavy (non-hydrogen) atoms. The highest BCUT2D eigenvalue weighted by Crippen LogP contribution is 2.27. The maximum absolute atomic E-state index is 5.21.